The van der Waals surface area contributed by atoms with Crippen LogP contribution in [0.25, 0.3) is 78.0 Å². The molecule has 10 rings (SSSR count). The van der Waals surface area contributed by atoms with Gasteiger partial charge in [0.05, 0.1) is 9.75 Å². The van der Waals surface area contributed by atoms with E-state index in [4.69, 9.17) is 0 Å². The van der Waals surface area contributed by atoms with Gasteiger partial charge in [-0.2, -0.15) is 0 Å². The molecule has 0 fully saturated rings. The zero-order chi connectivity index (χ0) is 65.1. The van der Waals surface area contributed by atoms with Crippen molar-refractivity contribution < 1.29 is 9.59 Å². The van der Waals surface area contributed by atoms with Gasteiger partial charge in [-0.1, -0.05) is 207 Å². The zero-order valence-electron chi connectivity index (χ0n) is 56.6. The summed E-state index contributed by atoms with van der Waals surface area (Å²) in [6, 6.07) is 45.1. The predicted molar refractivity (Wildman–Crippen MR) is 429 cm³/mol. The maximum atomic E-state index is 13.6. The van der Waals surface area contributed by atoms with Gasteiger partial charge in [0.2, 0.25) is 0 Å². The molecular formula is C82H102O2S10. The fourth-order valence-electron chi connectivity index (χ4n) is 13.0. The van der Waals surface area contributed by atoms with Crippen LogP contribution in [0, 0.1) is 0 Å². The molecule has 10 heterocycles. The van der Waals surface area contributed by atoms with Gasteiger partial charge >= 0.3 is 0 Å². The number of hydrogen-bond acceptors (Lipinski definition) is 12. The van der Waals surface area contributed by atoms with Gasteiger partial charge < -0.3 is 0 Å². The fourth-order valence-corrected chi connectivity index (χ4v) is 24.0. The Bertz CT molecular complexity index is 3520. The van der Waals surface area contributed by atoms with E-state index in [2.05, 4.69) is 137 Å². The van der Waals surface area contributed by atoms with Crippen LogP contribution in [0.2, 0.25) is 0 Å². The van der Waals surface area contributed by atoms with E-state index in [1.807, 2.05) is 80.2 Å². The normalized spacial score (nSPS) is 12.4. The highest BCUT2D eigenvalue weighted by molar-refractivity contribution is 7.31. The summed E-state index contributed by atoms with van der Waals surface area (Å²) in [5, 5.41) is 0. The van der Waals surface area contributed by atoms with Gasteiger partial charge in [-0.3, -0.25) is 9.59 Å². The minimum atomic E-state index is 0.0337. The fraction of sp³-hybridized carbons (Fsp3) is 0.488. The average molecular weight is 1440 g/mol. The molecule has 12 heteroatoms. The van der Waals surface area contributed by atoms with Gasteiger partial charge in [-0.05, 0) is 159 Å². The molecule has 2 atom stereocenters. The van der Waals surface area contributed by atoms with E-state index in [9.17, 15) is 9.59 Å². The summed E-state index contributed by atoms with van der Waals surface area (Å²) >= 11 is 18.3. The summed E-state index contributed by atoms with van der Waals surface area (Å²) in [4.78, 5) is 52.3. The molecular weight excluding hydrogens is 1340 g/mol. The Labute approximate surface area is 605 Å². The lowest BCUT2D eigenvalue weighted by Gasteiger charge is -2.15. The molecule has 0 aliphatic heterocycles. The molecule has 10 aromatic rings. The molecule has 0 amide bonds. The second kappa shape index (κ2) is 39.8. The molecule has 2 nitrogen and oxygen atoms in total. The highest BCUT2D eigenvalue weighted by atomic mass is 32.1. The number of rotatable bonds is 47. The van der Waals surface area contributed by atoms with Crippen molar-refractivity contribution >= 4 is 125 Å². The molecule has 0 N–H and O–H groups in total. The SMILES string of the molecule is CCCCCCCCCCC(CCCCCCCC)c1ccc(-c2ccc(-c3ccc(-c4ccc(-c5ccc(C(=O)CCC(=O)c6ccc(-c7ccc(-c8ccc(-c9ccc(-c%10ccc(C(CCCCCCCC)CCCCCCCCCC)s%10)s9)s8)s7)s6)s5)s4)s3)s2)s1. The number of thiophene rings is 10. The quantitative estimate of drug-likeness (QED) is 0.0281. The molecule has 94 heavy (non-hydrogen) atoms. The van der Waals surface area contributed by atoms with Crippen LogP contribution in [0.3, 0.4) is 0 Å². The van der Waals surface area contributed by atoms with Crippen LogP contribution < -0.4 is 0 Å². The smallest absolute Gasteiger partial charge is 0.173 e. The first kappa shape index (κ1) is 73.1. The summed E-state index contributed by atoms with van der Waals surface area (Å²) < 4.78 is 0. The Morgan fingerprint density at radius 1 is 0.223 bits per heavy atom. The van der Waals surface area contributed by atoms with Crippen LogP contribution in [-0.2, 0) is 0 Å². The van der Waals surface area contributed by atoms with Crippen molar-refractivity contribution in [2.75, 3.05) is 0 Å². The van der Waals surface area contributed by atoms with E-state index in [-0.39, 0.29) is 24.4 Å². The van der Waals surface area contributed by atoms with Gasteiger partial charge in [-0.15, -0.1) is 113 Å². The highest BCUT2D eigenvalue weighted by Gasteiger charge is 2.22. The minimum absolute atomic E-state index is 0.0337. The average Bonchev–Trinajstić information content (AvgIpc) is 1.69. The van der Waals surface area contributed by atoms with Crippen LogP contribution >= 0.6 is 113 Å². The third-order valence-electron chi connectivity index (χ3n) is 18.6. The molecule has 2 unspecified atom stereocenters. The first-order chi connectivity index (χ1) is 46.3. The van der Waals surface area contributed by atoms with Crippen LogP contribution in [0.15, 0.2) is 121 Å². The monoisotopic (exact) mass is 1440 g/mol. The molecule has 502 valence electrons. The van der Waals surface area contributed by atoms with Gasteiger partial charge in [0.1, 0.15) is 0 Å². The second-order valence-electron chi connectivity index (χ2n) is 26.1. The van der Waals surface area contributed by atoms with Gasteiger partial charge in [0.25, 0.3) is 0 Å². The highest BCUT2D eigenvalue weighted by Crippen LogP contribution is 2.49. The summed E-state index contributed by atoms with van der Waals surface area (Å²) in [7, 11) is 0. The van der Waals surface area contributed by atoms with E-state index in [1.165, 1.54) is 274 Å². The zero-order valence-corrected chi connectivity index (χ0v) is 64.8. The van der Waals surface area contributed by atoms with Crippen molar-refractivity contribution in [3.05, 3.63) is 141 Å². The third kappa shape index (κ3) is 21.9. The van der Waals surface area contributed by atoms with Crippen LogP contribution in [0.5, 0.6) is 0 Å². The predicted octanol–water partition coefficient (Wildman–Crippen LogP) is 32.2. The largest absolute Gasteiger partial charge is 0.293 e. The summed E-state index contributed by atoms with van der Waals surface area (Å²) in [6.45, 7) is 9.24. The molecule has 0 bridgehead atoms. The summed E-state index contributed by atoms with van der Waals surface area (Å²) in [5.41, 5.74) is 0. The lowest BCUT2D eigenvalue weighted by molar-refractivity contribution is 0.0921. The first-order valence-electron chi connectivity index (χ1n) is 36.3. The van der Waals surface area contributed by atoms with E-state index in [0.717, 1.165) is 19.5 Å². The van der Waals surface area contributed by atoms with Gasteiger partial charge in [0, 0.05) is 101 Å². The van der Waals surface area contributed by atoms with Crippen molar-refractivity contribution in [2.24, 2.45) is 0 Å². The van der Waals surface area contributed by atoms with Gasteiger partial charge in [0.15, 0.2) is 11.6 Å². The van der Waals surface area contributed by atoms with Crippen molar-refractivity contribution in [1.82, 2.24) is 0 Å². The number of Topliss-reactive ketones (excluding diaryl/α,β-unsaturated/α-hetero) is 2. The number of hydrogen-bond donors (Lipinski definition) is 0. The maximum absolute atomic E-state index is 13.6. The Morgan fingerprint density at radius 3 is 0.638 bits per heavy atom. The summed E-state index contributed by atoms with van der Waals surface area (Å²) in [6.07, 6.45) is 44.3. The lowest BCUT2D eigenvalue weighted by atomic mass is 9.93. The molecule has 10 aromatic heterocycles. The van der Waals surface area contributed by atoms with Crippen LogP contribution in [-0.4, -0.2) is 11.6 Å². The van der Waals surface area contributed by atoms with E-state index < -0.39 is 0 Å². The van der Waals surface area contributed by atoms with E-state index >= 15 is 0 Å². The number of carbonyl (C=O) groups excluding carboxylic acids is 2. The molecule has 0 saturated carbocycles. The summed E-state index contributed by atoms with van der Waals surface area (Å²) in [5.74, 6) is 1.45. The molecule has 0 radical (unpaired) electrons. The van der Waals surface area contributed by atoms with E-state index in [1.54, 1.807) is 55.1 Å². The van der Waals surface area contributed by atoms with Crippen molar-refractivity contribution in [2.45, 2.75) is 258 Å². The topological polar surface area (TPSA) is 34.1 Å². The lowest BCUT2D eigenvalue weighted by Crippen LogP contribution is -2.02. The molecule has 0 spiro atoms. The standard InChI is InChI=1S/C82H102O2S10/c1-5-9-13-17-21-23-27-31-35-59(33-29-25-19-15-11-7-3)63-39-43-67(85-63)71-47-51-75(89-71)79-55-57-81(93-79)77-53-49-73(91-77)69-45-41-65(87-69)61(83)37-38-62(84)66-42-46-70(88-66)74-50-54-78(92-74)82-58-56-80(94-82)76-52-48-72(90-76)68-44-40-64(86-68)60(34-30-26-20-16-12-8-4)36-32-28-24-22-18-14-10-6-2/h39-60H,5-38H2,1-4H3. The van der Waals surface area contributed by atoms with Crippen molar-refractivity contribution in [1.29, 1.82) is 0 Å². The van der Waals surface area contributed by atoms with Crippen molar-refractivity contribution in [3.63, 3.8) is 0 Å². The number of unbranched alkanes of at least 4 members (excludes halogenated alkanes) is 24. The third-order valence-corrected chi connectivity index (χ3v) is 31.4. The van der Waals surface area contributed by atoms with Gasteiger partial charge in [-0.25, -0.2) is 0 Å². The molecule has 0 aliphatic carbocycles. The maximum Gasteiger partial charge on any atom is 0.173 e. The molecule has 0 aliphatic rings. The second-order valence-corrected chi connectivity index (χ2v) is 37.0. The number of carbonyl (C=O) groups is 2. The Balaban J connectivity index is 0.681. The first-order valence-corrected chi connectivity index (χ1v) is 44.5. The Hall–Kier alpha value is -3.66. The molecule has 0 aromatic carbocycles. The van der Waals surface area contributed by atoms with Crippen LogP contribution in [0.4, 0.5) is 0 Å². The Kier molecular flexibility index (Phi) is 30.9. The van der Waals surface area contributed by atoms with Crippen molar-refractivity contribution in [3.8, 4) is 78.0 Å². The van der Waals surface area contributed by atoms with E-state index in [0.29, 0.717) is 11.8 Å². The Morgan fingerprint density at radius 2 is 0.404 bits per heavy atom. The number of ketones is 2. The van der Waals surface area contributed by atoms with Crippen LogP contribution in [0.1, 0.15) is 287 Å². The minimum Gasteiger partial charge on any atom is -0.293 e. The molecule has 0 saturated heterocycles.